The number of nitrogens with two attached hydrogens (primary N) is 1. The summed E-state index contributed by atoms with van der Waals surface area (Å²) >= 11 is 0. The van der Waals surface area contributed by atoms with Gasteiger partial charge in [-0.3, -0.25) is 10.5 Å². The molecule has 1 heterocycles. The van der Waals surface area contributed by atoms with Gasteiger partial charge in [-0.1, -0.05) is 25.0 Å². The average Bonchev–Trinajstić information content (AvgIpc) is 2.76. The largest absolute Gasteiger partial charge is 0.302 e. The molecule has 19 heavy (non-hydrogen) atoms. The number of hydrogen-bond donors (Lipinski definition) is 2. The number of nitrogens with zero attached hydrogens (tertiary/aromatic N) is 4. The summed E-state index contributed by atoms with van der Waals surface area (Å²) in [6, 6.07) is 0.0465. The van der Waals surface area contributed by atoms with E-state index in [0.29, 0.717) is 5.92 Å². The zero-order valence-electron chi connectivity index (χ0n) is 12.4. The third kappa shape index (κ3) is 2.52. The first-order valence-electron chi connectivity index (χ1n) is 6.99. The maximum absolute atomic E-state index is 5.89. The Balaban J connectivity index is 2.39. The van der Waals surface area contributed by atoms with Gasteiger partial charge in [-0.05, 0) is 32.9 Å². The number of nitrogens with one attached hydrogen (secondary N) is 1. The Labute approximate surface area is 115 Å². The monoisotopic (exact) mass is 266 g/mol. The molecule has 0 radical (unpaired) electrons. The summed E-state index contributed by atoms with van der Waals surface area (Å²) in [5.41, 5.74) is 4.09. The number of aromatic nitrogens is 3. The van der Waals surface area contributed by atoms with Crippen LogP contribution in [0.2, 0.25) is 0 Å². The molecule has 1 aromatic rings. The number of hydrazine groups is 1. The fourth-order valence-electron chi connectivity index (χ4n) is 3.57. The van der Waals surface area contributed by atoms with Gasteiger partial charge in [0.05, 0.1) is 17.9 Å². The van der Waals surface area contributed by atoms with Gasteiger partial charge in [0, 0.05) is 12.6 Å². The molecule has 2 rings (SSSR count). The SMILES string of the molecule is CC1CCCC(C(NN)c2cnnn2C)(N(C)C)C1. The van der Waals surface area contributed by atoms with E-state index in [-0.39, 0.29) is 11.6 Å². The molecular weight excluding hydrogens is 240 g/mol. The summed E-state index contributed by atoms with van der Waals surface area (Å²) in [7, 11) is 6.21. The second-order valence-corrected chi connectivity index (χ2v) is 6.08. The first kappa shape index (κ1) is 14.4. The zero-order valence-corrected chi connectivity index (χ0v) is 12.4. The molecule has 0 spiro atoms. The van der Waals surface area contributed by atoms with Crippen molar-refractivity contribution >= 4 is 0 Å². The van der Waals surface area contributed by atoms with Gasteiger partial charge in [0.25, 0.3) is 0 Å². The van der Waals surface area contributed by atoms with Crippen LogP contribution in [0.5, 0.6) is 0 Å². The molecule has 0 aliphatic heterocycles. The van der Waals surface area contributed by atoms with E-state index in [4.69, 9.17) is 5.84 Å². The lowest BCUT2D eigenvalue weighted by Crippen LogP contribution is -2.57. The van der Waals surface area contributed by atoms with E-state index in [1.54, 1.807) is 0 Å². The quantitative estimate of drug-likeness (QED) is 0.624. The third-order valence-electron chi connectivity index (χ3n) is 4.65. The lowest BCUT2D eigenvalue weighted by atomic mass is 9.70. The molecule has 108 valence electrons. The van der Waals surface area contributed by atoms with Crippen LogP contribution in [-0.4, -0.2) is 39.5 Å². The minimum atomic E-state index is 0.0297. The molecule has 3 unspecified atom stereocenters. The van der Waals surface area contributed by atoms with Crippen LogP contribution in [0.25, 0.3) is 0 Å². The molecule has 1 saturated carbocycles. The number of rotatable bonds is 4. The van der Waals surface area contributed by atoms with Crippen LogP contribution in [0.3, 0.4) is 0 Å². The van der Waals surface area contributed by atoms with E-state index < -0.39 is 0 Å². The normalized spacial score (nSPS) is 29.7. The van der Waals surface area contributed by atoms with Crippen molar-refractivity contribution in [1.29, 1.82) is 0 Å². The molecule has 1 aromatic heterocycles. The summed E-state index contributed by atoms with van der Waals surface area (Å²) in [4.78, 5) is 2.32. The van der Waals surface area contributed by atoms with E-state index in [9.17, 15) is 0 Å². The van der Waals surface area contributed by atoms with Crippen molar-refractivity contribution in [3.63, 3.8) is 0 Å². The van der Waals surface area contributed by atoms with E-state index in [1.807, 2.05) is 17.9 Å². The molecule has 6 heteroatoms. The minimum absolute atomic E-state index is 0.0297. The van der Waals surface area contributed by atoms with Gasteiger partial charge in [0.15, 0.2) is 0 Å². The lowest BCUT2D eigenvalue weighted by molar-refractivity contribution is 0.0339. The molecule has 1 aliphatic carbocycles. The second kappa shape index (κ2) is 5.56. The van der Waals surface area contributed by atoms with Gasteiger partial charge in [0.2, 0.25) is 0 Å². The van der Waals surface area contributed by atoms with Gasteiger partial charge >= 0.3 is 0 Å². The van der Waals surface area contributed by atoms with Crippen molar-refractivity contribution < 1.29 is 0 Å². The second-order valence-electron chi connectivity index (χ2n) is 6.08. The van der Waals surface area contributed by atoms with Crippen molar-refractivity contribution in [2.45, 2.75) is 44.2 Å². The first-order valence-corrected chi connectivity index (χ1v) is 6.99. The summed E-state index contributed by atoms with van der Waals surface area (Å²) in [5, 5.41) is 8.04. The maximum atomic E-state index is 5.89. The van der Waals surface area contributed by atoms with Crippen LogP contribution < -0.4 is 11.3 Å². The summed E-state index contributed by atoms with van der Waals surface area (Å²) in [6.07, 6.45) is 6.64. The van der Waals surface area contributed by atoms with Gasteiger partial charge < -0.3 is 4.90 Å². The van der Waals surface area contributed by atoms with E-state index in [0.717, 1.165) is 18.5 Å². The number of likely N-dealkylation sites (N-methyl/N-ethyl adjacent to an activating group) is 1. The summed E-state index contributed by atoms with van der Waals surface area (Å²) in [5.74, 6) is 6.60. The molecule has 1 aliphatic rings. The highest BCUT2D eigenvalue weighted by atomic mass is 15.4. The molecule has 0 amide bonds. The highest BCUT2D eigenvalue weighted by molar-refractivity contribution is 5.13. The maximum Gasteiger partial charge on any atom is 0.0828 e. The molecule has 3 atom stereocenters. The Morgan fingerprint density at radius 2 is 2.32 bits per heavy atom. The van der Waals surface area contributed by atoms with Crippen LogP contribution in [0, 0.1) is 5.92 Å². The van der Waals surface area contributed by atoms with Gasteiger partial charge in [0.1, 0.15) is 0 Å². The average molecular weight is 266 g/mol. The third-order valence-corrected chi connectivity index (χ3v) is 4.65. The topological polar surface area (TPSA) is 72.0 Å². The molecule has 0 aromatic carbocycles. The number of aryl methyl sites for hydroxylation is 1. The molecule has 1 fully saturated rings. The van der Waals surface area contributed by atoms with Crippen LogP contribution in [0.15, 0.2) is 6.20 Å². The Hall–Kier alpha value is -0.980. The van der Waals surface area contributed by atoms with Crippen molar-refractivity contribution in [3.05, 3.63) is 11.9 Å². The highest BCUT2D eigenvalue weighted by Crippen LogP contribution is 2.43. The van der Waals surface area contributed by atoms with Gasteiger partial charge in [-0.25, -0.2) is 5.43 Å². The predicted octanol–water partition coefficient (Wildman–Crippen LogP) is 0.830. The zero-order chi connectivity index (χ0) is 14.0. The molecular formula is C13H26N6. The van der Waals surface area contributed by atoms with Crippen LogP contribution in [-0.2, 0) is 7.05 Å². The Morgan fingerprint density at radius 3 is 2.79 bits per heavy atom. The summed E-state index contributed by atoms with van der Waals surface area (Å²) in [6.45, 7) is 2.33. The molecule has 0 bridgehead atoms. The first-order chi connectivity index (χ1) is 9.01. The van der Waals surface area contributed by atoms with Crippen LogP contribution in [0.1, 0.15) is 44.3 Å². The Bertz CT molecular complexity index is 415. The fraction of sp³-hybridized carbons (Fsp3) is 0.846. The lowest BCUT2D eigenvalue weighted by Gasteiger charge is -2.49. The van der Waals surface area contributed by atoms with E-state index in [2.05, 4.69) is 41.7 Å². The summed E-state index contributed by atoms with van der Waals surface area (Å²) < 4.78 is 1.81. The predicted molar refractivity (Wildman–Crippen MR) is 75.1 cm³/mol. The van der Waals surface area contributed by atoms with E-state index >= 15 is 0 Å². The Morgan fingerprint density at radius 1 is 1.58 bits per heavy atom. The highest BCUT2D eigenvalue weighted by Gasteiger charge is 2.45. The van der Waals surface area contributed by atoms with Crippen molar-refractivity contribution in [3.8, 4) is 0 Å². The van der Waals surface area contributed by atoms with Crippen LogP contribution in [0.4, 0.5) is 0 Å². The molecule has 6 nitrogen and oxygen atoms in total. The standard InChI is InChI=1S/C13H26N6/c1-10-6-5-7-13(8-10,18(2)3)12(16-14)11-9-15-17-19(11)4/h9-10,12,16H,5-8,14H2,1-4H3. The molecule has 3 N–H and O–H groups in total. The van der Waals surface area contributed by atoms with Gasteiger partial charge in [-0.15, -0.1) is 5.10 Å². The Kier molecular flexibility index (Phi) is 4.23. The van der Waals surface area contributed by atoms with Gasteiger partial charge in [-0.2, -0.15) is 0 Å². The van der Waals surface area contributed by atoms with Crippen LogP contribution >= 0.6 is 0 Å². The smallest absolute Gasteiger partial charge is 0.0828 e. The molecule has 0 saturated heterocycles. The van der Waals surface area contributed by atoms with Crippen molar-refractivity contribution in [2.24, 2.45) is 18.8 Å². The fourth-order valence-corrected chi connectivity index (χ4v) is 3.57. The number of hydrogen-bond acceptors (Lipinski definition) is 5. The van der Waals surface area contributed by atoms with Crippen molar-refractivity contribution in [2.75, 3.05) is 14.1 Å². The van der Waals surface area contributed by atoms with E-state index in [1.165, 1.54) is 12.8 Å². The van der Waals surface area contributed by atoms with Crippen molar-refractivity contribution in [1.82, 2.24) is 25.3 Å². The minimum Gasteiger partial charge on any atom is -0.302 e.